The summed E-state index contributed by atoms with van der Waals surface area (Å²) in [6.07, 6.45) is 1.99. The molecule has 3 heteroatoms. The van der Waals surface area contributed by atoms with E-state index in [1.165, 1.54) is 5.56 Å². The van der Waals surface area contributed by atoms with Gasteiger partial charge in [0, 0.05) is 7.05 Å². The minimum absolute atomic E-state index is 0.566. The van der Waals surface area contributed by atoms with Crippen molar-refractivity contribution < 1.29 is 4.74 Å². The fourth-order valence-corrected chi connectivity index (χ4v) is 1.89. The van der Waals surface area contributed by atoms with Gasteiger partial charge in [-0.1, -0.05) is 26.0 Å². The first-order valence-corrected chi connectivity index (χ1v) is 6.46. The minimum Gasteiger partial charge on any atom is -0.487 e. The molecule has 0 aliphatic rings. The normalized spacial score (nSPS) is 10.6. The monoisotopic (exact) mass is 244 g/mol. The second kappa shape index (κ2) is 5.71. The molecule has 0 amide bonds. The van der Waals surface area contributed by atoms with Crippen molar-refractivity contribution >= 4 is 0 Å². The Balaban J connectivity index is 2.03. The first-order chi connectivity index (χ1) is 8.72. The van der Waals surface area contributed by atoms with Crippen LogP contribution < -0.4 is 4.74 Å². The first-order valence-electron chi connectivity index (χ1n) is 6.46. The summed E-state index contributed by atoms with van der Waals surface area (Å²) in [4.78, 5) is 0. The van der Waals surface area contributed by atoms with Crippen LogP contribution in [0.4, 0.5) is 0 Å². The standard InChI is InChI=1S/C15H20N2O/c1-4-12-7-6-8-15(9-12)18-11-14-10-13(5-2)16-17(14)3/h6-10H,4-5,11H2,1-3H3. The summed E-state index contributed by atoms with van der Waals surface area (Å²) in [5, 5.41) is 4.41. The predicted molar refractivity (Wildman–Crippen MR) is 72.7 cm³/mol. The van der Waals surface area contributed by atoms with Crippen LogP contribution in [-0.4, -0.2) is 9.78 Å². The van der Waals surface area contributed by atoms with Crippen LogP contribution in [0.2, 0.25) is 0 Å². The molecule has 1 aromatic carbocycles. The molecule has 2 rings (SSSR count). The van der Waals surface area contributed by atoms with E-state index < -0.39 is 0 Å². The molecule has 0 radical (unpaired) electrons. The van der Waals surface area contributed by atoms with Crippen molar-refractivity contribution in [2.75, 3.05) is 0 Å². The zero-order valence-corrected chi connectivity index (χ0v) is 11.3. The summed E-state index contributed by atoms with van der Waals surface area (Å²) in [6.45, 7) is 4.82. The highest BCUT2D eigenvalue weighted by Gasteiger charge is 2.04. The summed E-state index contributed by atoms with van der Waals surface area (Å²) in [6, 6.07) is 10.3. The third-order valence-electron chi connectivity index (χ3n) is 3.08. The Labute approximate surface area is 108 Å². The van der Waals surface area contributed by atoms with E-state index in [2.05, 4.69) is 37.1 Å². The highest BCUT2D eigenvalue weighted by Crippen LogP contribution is 2.15. The smallest absolute Gasteiger partial charge is 0.130 e. The van der Waals surface area contributed by atoms with Crippen molar-refractivity contribution in [3.8, 4) is 5.75 Å². The molecule has 1 aromatic heterocycles. The van der Waals surface area contributed by atoms with E-state index in [4.69, 9.17) is 4.74 Å². The van der Waals surface area contributed by atoms with Crippen molar-refractivity contribution in [1.29, 1.82) is 0 Å². The maximum atomic E-state index is 5.81. The van der Waals surface area contributed by atoms with Gasteiger partial charge < -0.3 is 4.74 Å². The SMILES string of the molecule is CCc1cccc(OCc2cc(CC)nn2C)c1. The summed E-state index contributed by atoms with van der Waals surface area (Å²) in [5.41, 5.74) is 3.51. The van der Waals surface area contributed by atoms with Crippen molar-refractivity contribution in [1.82, 2.24) is 9.78 Å². The van der Waals surface area contributed by atoms with E-state index in [1.807, 2.05) is 23.9 Å². The average molecular weight is 244 g/mol. The molecule has 1 heterocycles. The molecule has 0 bridgehead atoms. The topological polar surface area (TPSA) is 27.1 Å². The Morgan fingerprint density at radius 2 is 2.00 bits per heavy atom. The van der Waals surface area contributed by atoms with Crippen LogP contribution >= 0.6 is 0 Å². The second-order valence-corrected chi connectivity index (χ2v) is 4.39. The van der Waals surface area contributed by atoms with Gasteiger partial charge in [0.25, 0.3) is 0 Å². The van der Waals surface area contributed by atoms with Crippen LogP contribution in [0, 0.1) is 0 Å². The Hall–Kier alpha value is -1.77. The highest BCUT2D eigenvalue weighted by atomic mass is 16.5. The van der Waals surface area contributed by atoms with E-state index in [0.717, 1.165) is 30.0 Å². The van der Waals surface area contributed by atoms with Gasteiger partial charge in [-0.25, -0.2) is 0 Å². The maximum Gasteiger partial charge on any atom is 0.130 e. The van der Waals surface area contributed by atoms with Gasteiger partial charge in [-0.05, 0) is 36.6 Å². The number of ether oxygens (including phenoxy) is 1. The molecule has 0 fully saturated rings. The van der Waals surface area contributed by atoms with Crippen molar-refractivity contribution in [2.24, 2.45) is 7.05 Å². The molecule has 0 saturated carbocycles. The lowest BCUT2D eigenvalue weighted by molar-refractivity contribution is 0.294. The Kier molecular flexibility index (Phi) is 4.03. The van der Waals surface area contributed by atoms with Gasteiger partial charge in [0.1, 0.15) is 12.4 Å². The van der Waals surface area contributed by atoms with E-state index in [0.29, 0.717) is 6.61 Å². The van der Waals surface area contributed by atoms with Crippen LogP contribution in [0.1, 0.15) is 30.8 Å². The molecule has 2 aromatic rings. The third kappa shape index (κ3) is 2.92. The van der Waals surface area contributed by atoms with Crippen molar-refractivity contribution in [2.45, 2.75) is 33.3 Å². The van der Waals surface area contributed by atoms with Crippen LogP contribution in [0.3, 0.4) is 0 Å². The number of nitrogens with zero attached hydrogens (tertiary/aromatic N) is 2. The zero-order valence-electron chi connectivity index (χ0n) is 11.3. The van der Waals surface area contributed by atoms with E-state index >= 15 is 0 Å². The van der Waals surface area contributed by atoms with Crippen molar-refractivity contribution in [3.05, 3.63) is 47.3 Å². The predicted octanol–water partition coefficient (Wildman–Crippen LogP) is 3.12. The minimum atomic E-state index is 0.566. The molecular weight excluding hydrogens is 224 g/mol. The molecule has 3 nitrogen and oxygen atoms in total. The first kappa shape index (κ1) is 12.7. The van der Waals surface area contributed by atoms with E-state index in [1.54, 1.807) is 0 Å². The Morgan fingerprint density at radius 3 is 2.67 bits per heavy atom. The van der Waals surface area contributed by atoms with Crippen molar-refractivity contribution in [3.63, 3.8) is 0 Å². The Morgan fingerprint density at radius 1 is 1.17 bits per heavy atom. The van der Waals surface area contributed by atoms with Crippen LogP contribution in [0.5, 0.6) is 5.75 Å². The fourth-order valence-electron chi connectivity index (χ4n) is 1.89. The van der Waals surface area contributed by atoms with E-state index in [9.17, 15) is 0 Å². The zero-order chi connectivity index (χ0) is 13.0. The third-order valence-corrected chi connectivity index (χ3v) is 3.08. The lowest BCUT2D eigenvalue weighted by Gasteiger charge is -2.07. The number of benzene rings is 1. The number of rotatable bonds is 5. The fraction of sp³-hybridized carbons (Fsp3) is 0.400. The van der Waals surface area contributed by atoms with Crippen LogP contribution in [0.15, 0.2) is 30.3 Å². The second-order valence-electron chi connectivity index (χ2n) is 4.39. The van der Waals surface area contributed by atoms with Gasteiger partial charge >= 0.3 is 0 Å². The summed E-state index contributed by atoms with van der Waals surface area (Å²) < 4.78 is 7.70. The largest absolute Gasteiger partial charge is 0.487 e. The molecule has 0 N–H and O–H groups in total. The number of aromatic nitrogens is 2. The van der Waals surface area contributed by atoms with Crippen LogP contribution in [-0.2, 0) is 26.5 Å². The van der Waals surface area contributed by atoms with Gasteiger partial charge in [-0.3, -0.25) is 4.68 Å². The van der Waals surface area contributed by atoms with E-state index in [-0.39, 0.29) is 0 Å². The number of hydrogen-bond acceptors (Lipinski definition) is 2. The van der Waals surface area contributed by atoms with Gasteiger partial charge in [0.2, 0.25) is 0 Å². The molecule has 0 saturated heterocycles. The van der Waals surface area contributed by atoms with Gasteiger partial charge in [0.15, 0.2) is 0 Å². The number of aryl methyl sites for hydroxylation is 3. The molecule has 0 atom stereocenters. The molecule has 18 heavy (non-hydrogen) atoms. The van der Waals surface area contributed by atoms with Gasteiger partial charge in [-0.15, -0.1) is 0 Å². The summed E-state index contributed by atoms with van der Waals surface area (Å²) >= 11 is 0. The molecule has 0 unspecified atom stereocenters. The molecular formula is C15H20N2O. The molecule has 96 valence electrons. The summed E-state index contributed by atoms with van der Waals surface area (Å²) in [7, 11) is 1.96. The molecule has 0 spiro atoms. The van der Waals surface area contributed by atoms with Gasteiger partial charge in [-0.2, -0.15) is 5.10 Å². The number of hydrogen-bond donors (Lipinski definition) is 0. The summed E-state index contributed by atoms with van der Waals surface area (Å²) in [5.74, 6) is 0.925. The lowest BCUT2D eigenvalue weighted by atomic mass is 10.2. The highest BCUT2D eigenvalue weighted by molar-refractivity contribution is 5.28. The molecule has 0 aliphatic heterocycles. The maximum absolute atomic E-state index is 5.81. The molecule has 0 aliphatic carbocycles. The lowest BCUT2D eigenvalue weighted by Crippen LogP contribution is -2.03. The quantitative estimate of drug-likeness (QED) is 0.808. The van der Waals surface area contributed by atoms with Crippen LogP contribution in [0.25, 0.3) is 0 Å². The Bertz CT molecular complexity index is 517. The van der Waals surface area contributed by atoms with Gasteiger partial charge in [0.05, 0.1) is 11.4 Å². The average Bonchev–Trinajstić information content (AvgIpc) is 2.77.